The predicted octanol–water partition coefficient (Wildman–Crippen LogP) is 10.9. The van der Waals surface area contributed by atoms with Crippen LogP contribution in [0.15, 0.2) is 46.0 Å². The van der Waals surface area contributed by atoms with E-state index in [1.165, 1.54) is 22.3 Å². The van der Waals surface area contributed by atoms with Crippen LogP contribution in [0.3, 0.4) is 0 Å². The van der Waals surface area contributed by atoms with Gasteiger partial charge in [0.25, 0.3) is 11.1 Å². The van der Waals surface area contributed by atoms with Crippen molar-refractivity contribution in [2.75, 3.05) is 20.3 Å². The molecule has 2 aromatic heterocycles. The summed E-state index contributed by atoms with van der Waals surface area (Å²) in [6, 6.07) is 12.1. The van der Waals surface area contributed by atoms with Crippen molar-refractivity contribution in [1.29, 1.82) is 0 Å². The van der Waals surface area contributed by atoms with Gasteiger partial charge in [-0.25, -0.2) is 14.0 Å². The molecule has 1 N–H and O–H groups in total. The number of ether oxygens (including phenoxy) is 3. The molecule has 4 aliphatic rings. The molecule has 73 heavy (non-hydrogen) atoms. The number of benzene rings is 3. The summed E-state index contributed by atoms with van der Waals surface area (Å²) in [5.41, 5.74) is 10.3. The molecule has 0 unspecified atom stereocenters. The summed E-state index contributed by atoms with van der Waals surface area (Å²) in [5, 5.41) is 11.1. The lowest BCUT2D eigenvalue weighted by Gasteiger charge is -2.21. The Kier molecular flexibility index (Phi) is 17.6. The minimum atomic E-state index is -0.675. The summed E-state index contributed by atoms with van der Waals surface area (Å²) in [6.45, 7) is 23.1. The highest BCUT2D eigenvalue weighted by Gasteiger charge is 2.51. The zero-order valence-electron chi connectivity index (χ0n) is 45.1. The number of hydrogen-bond acceptors (Lipinski definition) is 9. The lowest BCUT2D eigenvalue weighted by atomic mass is 9.81. The molecule has 0 radical (unpaired) electrons. The van der Waals surface area contributed by atoms with Crippen molar-refractivity contribution < 1.29 is 33.7 Å². The SMILES string of the molecule is CCc1cc(C)cc(CC)c1-c1c(OC(=O)C(C)(C)C)n2n(c1=O)CCOCC2.CCc1cc(C)cc(CC)c1C1C(=O)[C@H]2CCCC[C@@H]2C1=O.CCc1cc(Cl)cc(OC)c1-c1c(O)n2n(c1=O)CCCC2. The van der Waals surface area contributed by atoms with Gasteiger partial charge >= 0.3 is 5.97 Å². The van der Waals surface area contributed by atoms with Crippen LogP contribution >= 0.6 is 11.6 Å². The molecule has 0 saturated heterocycles. The maximum absolute atomic E-state index is 13.5. The van der Waals surface area contributed by atoms with Crippen LogP contribution < -0.4 is 20.6 Å². The first-order valence-corrected chi connectivity index (χ1v) is 27.1. The second-order valence-corrected chi connectivity index (χ2v) is 21.5. The fourth-order valence-electron chi connectivity index (χ4n) is 11.5. The van der Waals surface area contributed by atoms with Gasteiger partial charge in [0.2, 0.25) is 11.8 Å². The predicted molar refractivity (Wildman–Crippen MR) is 288 cm³/mol. The van der Waals surface area contributed by atoms with E-state index < -0.39 is 11.3 Å². The number of aromatic nitrogens is 4. The number of ketones is 2. The zero-order valence-corrected chi connectivity index (χ0v) is 45.9. The molecule has 0 amide bonds. The van der Waals surface area contributed by atoms with Crippen LogP contribution in [0.1, 0.15) is 144 Å². The van der Waals surface area contributed by atoms with Crippen LogP contribution in [0.4, 0.5) is 0 Å². The molecule has 4 heterocycles. The Morgan fingerprint density at radius 2 is 1.10 bits per heavy atom. The Labute approximate surface area is 435 Å². The number of fused-ring (bicyclic) bond motifs is 3. The second kappa shape index (κ2) is 23.3. The average Bonchev–Trinajstić information content (AvgIpc) is 3.76. The van der Waals surface area contributed by atoms with E-state index >= 15 is 0 Å². The molecule has 2 atom stereocenters. The maximum Gasteiger partial charge on any atom is 0.317 e. The molecule has 13 nitrogen and oxygen atoms in total. The lowest BCUT2D eigenvalue weighted by Crippen LogP contribution is -2.27. The molecule has 2 saturated carbocycles. The van der Waals surface area contributed by atoms with Crippen LogP contribution in [0.25, 0.3) is 22.3 Å². The molecule has 2 fully saturated rings. The number of Topliss-reactive ketones (excluding diaryl/α,β-unsaturated/α-hetero) is 2. The molecule has 0 bridgehead atoms. The number of aromatic hydroxyl groups is 1. The van der Waals surface area contributed by atoms with Gasteiger partial charge in [0.05, 0.1) is 38.8 Å². The molecule has 3 aromatic carbocycles. The third-order valence-electron chi connectivity index (χ3n) is 15.2. The lowest BCUT2D eigenvalue weighted by molar-refractivity contribution is -0.143. The van der Waals surface area contributed by atoms with Crippen molar-refractivity contribution >= 4 is 29.1 Å². The first-order valence-electron chi connectivity index (χ1n) is 26.7. The smallest absolute Gasteiger partial charge is 0.317 e. The number of methoxy groups -OCH3 is 1. The van der Waals surface area contributed by atoms with Gasteiger partial charge in [0, 0.05) is 35.5 Å². The van der Waals surface area contributed by atoms with Crippen LogP contribution in [0.5, 0.6) is 17.5 Å². The number of hydrogen-bond donors (Lipinski definition) is 1. The van der Waals surface area contributed by atoms with Gasteiger partial charge in [0.1, 0.15) is 22.8 Å². The molecule has 2 aliphatic heterocycles. The monoisotopic (exact) mass is 1020 g/mol. The first-order chi connectivity index (χ1) is 34.8. The Bertz CT molecular complexity index is 2900. The molecule has 14 heteroatoms. The normalized spacial score (nSPS) is 17.6. The third-order valence-corrected chi connectivity index (χ3v) is 15.4. The van der Waals surface area contributed by atoms with Crippen LogP contribution in [0.2, 0.25) is 5.02 Å². The second-order valence-electron chi connectivity index (χ2n) is 21.0. The highest BCUT2D eigenvalue weighted by Crippen LogP contribution is 2.46. The van der Waals surface area contributed by atoms with E-state index in [2.05, 4.69) is 65.8 Å². The van der Waals surface area contributed by atoms with Crippen molar-refractivity contribution in [3.8, 4) is 39.8 Å². The number of carbonyl (C=O) groups excluding carboxylic acids is 3. The van der Waals surface area contributed by atoms with Crippen LogP contribution in [-0.2, 0) is 77.4 Å². The van der Waals surface area contributed by atoms with Gasteiger partial charge in [-0.05, 0) is 143 Å². The van der Waals surface area contributed by atoms with E-state index in [4.69, 9.17) is 25.8 Å². The maximum atomic E-state index is 13.5. The standard InChI is InChI=1S/C23H32N2O4.C20H26O2.C16H19ClN2O3/c1-7-16-13-15(3)14-17(8-2)18(16)19-20(26)24-9-11-28-12-10-25(24)21(19)29-22(27)23(4,5)6;1-4-13-10-12(3)11-14(5-2)17(13)18-19(21)15-8-6-7-9-16(15)20(18)22;1-3-10-8-11(17)9-12(22-2)13(10)14-15(20)18-6-4-5-7-19(18)16(14)21/h13-14H,7-12H2,1-6H3;10-11,15-16,18H,4-9H2,1-3H3;8-9,20H,3-7H2,1-2H3/t;15-,16-;/m.0./s1. The van der Waals surface area contributed by atoms with E-state index in [-0.39, 0.29) is 46.4 Å². The molecular weight excluding hydrogens is 944 g/mol. The van der Waals surface area contributed by atoms with E-state index in [0.29, 0.717) is 79.2 Å². The van der Waals surface area contributed by atoms with Gasteiger partial charge in [-0.3, -0.25) is 28.7 Å². The Balaban J connectivity index is 0.000000163. The molecular formula is C59H77ClN4O9. The summed E-state index contributed by atoms with van der Waals surface area (Å²) < 4.78 is 23.6. The van der Waals surface area contributed by atoms with Crippen molar-refractivity contribution in [2.45, 2.75) is 172 Å². The number of halogens is 1. The van der Waals surface area contributed by atoms with Crippen LogP contribution in [0, 0.1) is 31.1 Å². The zero-order chi connectivity index (χ0) is 53.1. The van der Waals surface area contributed by atoms with E-state index in [1.807, 2.05) is 33.8 Å². The summed E-state index contributed by atoms with van der Waals surface area (Å²) >= 11 is 6.12. The summed E-state index contributed by atoms with van der Waals surface area (Å²) in [5.74, 6) is 0.468. The fraction of sp³-hybridized carbons (Fsp3) is 0.542. The fourth-order valence-corrected chi connectivity index (χ4v) is 11.7. The number of rotatable bonds is 10. The number of nitrogens with zero attached hydrogens (tertiary/aromatic N) is 4. The average molecular weight is 1020 g/mol. The van der Waals surface area contributed by atoms with Crippen LogP contribution in [-0.4, -0.2) is 61.7 Å². The molecule has 0 spiro atoms. The Hall–Kier alpha value is -5.66. The summed E-state index contributed by atoms with van der Waals surface area (Å²) in [6.07, 6.45) is 9.99. The Morgan fingerprint density at radius 1 is 0.630 bits per heavy atom. The molecule has 9 rings (SSSR count). The molecule has 394 valence electrons. The van der Waals surface area contributed by atoms with Gasteiger partial charge in [-0.15, -0.1) is 0 Å². The summed E-state index contributed by atoms with van der Waals surface area (Å²) in [7, 11) is 1.54. The first kappa shape index (κ1) is 55.1. The van der Waals surface area contributed by atoms with Gasteiger partial charge in [0.15, 0.2) is 11.6 Å². The van der Waals surface area contributed by atoms with Crippen molar-refractivity contribution in [3.05, 3.63) is 107 Å². The van der Waals surface area contributed by atoms with Crippen molar-refractivity contribution in [1.82, 2.24) is 18.7 Å². The number of esters is 1. The minimum Gasteiger partial charge on any atom is -0.496 e. The molecule has 2 aliphatic carbocycles. The largest absolute Gasteiger partial charge is 0.496 e. The Morgan fingerprint density at radius 3 is 1.59 bits per heavy atom. The topological polar surface area (TPSA) is 153 Å². The highest BCUT2D eigenvalue weighted by molar-refractivity contribution is 6.31. The number of carbonyl (C=O) groups is 3. The van der Waals surface area contributed by atoms with Gasteiger partial charge in [-0.1, -0.05) is 94.5 Å². The minimum absolute atomic E-state index is 0.00182. The molecule has 5 aromatic rings. The van der Waals surface area contributed by atoms with E-state index in [1.54, 1.807) is 31.9 Å². The highest BCUT2D eigenvalue weighted by atomic mass is 35.5. The summed E-state index contributed by atoms with van der Waals surface area (Å²) in [4.78, 5) is 65.0. The quantitative estimate of drug-likeness (QED) is 0.106. The van der Waals surface area contributed by atoms with Crippen molar-refractivity contribution in [2.24, 2.45) is 17.3 Å². The van der Waals surface area contributed by atoms with E-state index in [9.17, 15) is 29.1 Å². The van der Waals surface area contributed by atoms with Crippen molar-refractivity contribution in [3.63, 3.8) is 0 Å². The third kappa shape index (κ3) is 11.0. The van der Waals surface area contributed by atoms with E-state index in [0.717, 1.165) is 92.0 Å². The van der Waals surface area contributed by atoms with Gasteiger partial charge < -0.3 is 19.3 Å². The number of aryl methyl sites for hydroxylation is 7. The van der Waals surface area contributed by atoms with Gasteiger partial charge in [-0.2, -0.15) is 0 Å².